The summed E-state index contributed by atoms with van der Waals surface area (Å²) in [6.45, 7) is 1.36. The minimum absolute atomic E-state index is 0.116. The molecular weight excluding hydrogens is 486 g/mol. The molecule has 2 aromatic carbocycles. The van der Waals surface area contributed by atoms with E-state index >= 15 is 4.39 Å². The van der Waals surface area contributed by atoms with Crippen LogP contribution in [0.4, 0.5) is 43.9 Å². The van der Waals surface area contributed by atoms with E-state index in [-0.39, 0.29) is 18.1 Å². The fourth-order valence-corrected chi connectivity index (χ4v) is 3.49. The molecule has 0 bridgehead atoms. The first kappa shape index (κ1) is 23.5. The zero-order valence-electron chi connectivity index (χ0n) is 14.3. The molecule has 0 spiro atoms. The topological polar surface area (TPSA) is 0 Å². The van der Waals surface area contributed by atoms with Crippen molar-refractivity contribution in [2.75, 3.05) is 0 Å². The van der Waals surface area contributed by atoms with Crippen LogP contribution in [0.5, 0.6) is 0 Å². The normalized spacial score (nSPS) is 15.3. The molecule has 1 unspecified atom stereocenters. The molecule has 0 heterocycles. The second-order valence-electron chi connectivity index (χ2n) is 6.06. The van der Waals surface area contributed by atoms with Crippen LogP contribution < -0.4 is 0 Å². The Kier molecular flexibility index (Phi) is 6.06. The molecule has 0 aromatic heterocycles. The maximum atomic E-state index is 15.1. The van der Waals surface area contributed by atoms with Gasteiger partial charge in [-0.15, -0.1) is 0 Å². The Morgan fingerprint density at radius 1 is 0.828 bits per heavy atom. The highest BCUT2D eigenvalue weighted by atomic mass is 79.9. The highest BCUT2D eigenvalue weighted by Gasteiger charge is 2.82. The minimum Gasteiger partial charge on any atom is -0.221 e. The van der Waals surface area contributed by atoms with Gasteiger partial charge in [0.05, 0.1) is 0 Å². The number of hydrogen-bond acceptors (Lipinski definition) is 0. The van der Waals surface area contributed by atoms with Crippen molar-refractivity contribution in [1.29, 1.82) is 0 Å². The van der Waals surface area contributed by atoms with Crippen LogP contribution in [0.25, 0.3) is 11.1 Å². The van der Waals surface area contributed by atoms with Crippen molar-refractivity contribution in [2.45, 2.75) is 37.3 Å². The summed E-state index contributed by atoms with van der Waals surface area (Å²) >= 11 is 2.76. The van der Waals surface area contributed by atoms with E-state index in [1.807, 2.05) is 0 Å². The molecule has 0 saturated heterocycles. The third kappa shape index (κ3) is 3.73. The molecule has 0 saturated carbocycles. The van der Waals surface area contributed by atoms with Crippen molar-refractivity contribution in [1.82, 2.24) is 0 Å². The van der Waals surface area contributed by atoms with E-state index in [1.54, 1.807) is 0 Å². The van der Waals surface area contributed by atoms with Crippen molar-refractivity contribution in [3.8, 4) is 11.1 Å². The summed E-state index contributed by atoms with van der Waals surface area (Å²) in [5, 5.41) is 0. The molecule has 29 heavy (non-hydrogen) atoms. The molecule has 0 aliphatic rings. The SMILES string of the molecule is CCc1cc(Br)c(-c2ccccc2F)c(C(F)(C(F)(F)F)C(F)(F)C(F)(F)F)c1. The summed E-state index contributed by atoms with van der Waals surface area (Å²) in [4.78, 5) is 0. The van der Waals surface area contributed by atoms with E-state index in [1.165, 1.54) is 6.92 Å². The lowest BCUT2D eigenvalue weighted by molar-refractivity contribution is -0.389. The number of benzene rings is 2. The zero-order valence-corrected chi connectivity index (χ0v) is 15.9. The highest BCUT2D eigenvalue weighted by molar-refractivity contribution is 9.10. The predicted molar refractivity (Wildman–Crippen MR) is 88.8 cm³/mol. The Hall–Kier alpha value is -1.78. The molecule has 2 rings (SSSR count). The standard InChI is InChI=1S/C18H11BrF10/c1-2-9-7-11(14(12(19)8-9)10-5-3-4-6-13(10)20)15(21,17(24,25)26)16(22,23)18(27,28)29/h3-8H,2H2,1H3. The van der Waals surface area contributed by atoms with Gasteiger partial charge >= 0.3 is 23.9 Å². The van der Waals surface area contributed by atoms with Gasteiger partial charge in [0.1, 0.15) is 5.82 Å². The summed E-state index contributed by atoms with van der Waals surface area (Å²) in [6.07, 6.45) is -13.7. The first-order chi connectivity index (χ1) is 13.1. The lowest BCUT2D eigenvalue weighted by Gasteiger charge is -2.37. The van der Waals surface area contributed by atoms with Crippen molar-refractivity contribution in [2.24, 2.45) is 0 Å². The Bertz CT molecular complexity index is 900. The Morgan fingerprint density at radius 2 is 1.38 bits per heavy atom. The molecule has 160 valence electrons. The van der Waals surface area contributed by atoms with Gasteiger partial charge in [-0.3, -0.25) is 0 Å². The number of aryl methyl sites for hydroxylation is 1. The monoisotopic (exact) mass is 496 g/mol. The fraction of sp³-hybridized carbons (Fsp3) is 0.333. The molecule has 0 nitrogen and oxygen atoms in total. The summed E-state index contributed by atoms with van der Waals surface area (Å²) < 4.78 is 136. The van der Waals surface area contributed by atoms with E-state index in [0.717, 1.165) is 30.3 Å². The van der Waals surface area contributed by atoms with Crippen LogP contribution in [0.15, 0.2) is 40.9 Å². The van der Waals surface area contributed by atoms with Gasteiger partial charge in [0.2, 0.25) is 0 Å². The maximum absolute atomic E-state index is 15.1. The lowest BCUT2D eigenvalue weighted by atomic mass is 9.81. The van der Waals surface area contributed by atoms with Crippen LogP contribution in [-0.4, -0.2) is 18.3 Å². The van der Waals surface area contributed by atoms with Crippen molar-refractivity contribution in [3.05, 3.63) is 57.8 Å². The van der Waals surface area contributed by atoms with Crippen molar-refractivity contribution in [3.63, 3.8) is 0 Å². The maximum Gasteiger partial charge on any atom is 0.457 e. The average Bonchev–Trinajstić information content (AvgIpc) is 2.59. The average molecular weight is 497 g/mol. The van der Waals surface area contributed by atoms with Crippen LogP contribution in [0, 0.1) is 5.82 Å². The number of alkyl halides is 9. The molecule has 0 N–H and O–H groups in total. The van der Waals surface area contributed by atoms with E-state index in [2.05, 4.69) is 15.9 Å². The Balaban J connectivity index is 3.06. The quantitative estimate of drug-likeness (QED) is 0.379. The highest BCUT2D eigenvalue weighted by Crippen LogP contribution is 2.60. The number of halogens is 11. The molecule has 11 heteroatoms. The van der Waals surface area contributed by atoms with E-state index in [9.17, 15) is 39.5 Å². The van der Waals surface area contributed by atoms with E-state index in [4.69, 9.17) is 0 Å². The second kappa shape index (κ2) is 7.48. The smallest absolute Gasteiger partial charge is 0.221 e. The predicted octanol–water partition coefficient (Wildman–Crippen LogP) is 7.74. The molecule has 0 aliphatic heterocycles. The van der Waals surface area contributed by atoms with Crippen LogP contribution in [0.2, 0.25) is 0 Å². The Morgan fingerprint density at radius 3 is 1.83 bits per heavy atom. The largest absolute Gasteiger partial charge is 0.457 e. The minimum atomic E-state index is -6.88. The summed E-state index contributed by atoms with van der Waals surface area (Å²) in [5.41, 5.74) is -10.3. The molecule has 2 aromatic rings. The molecule has 0 radical (unpaired) electrons. The molecular formula is C18H11BrF10. The molecule has 1 atom stereocenters. The summed E-state index contributed by atoms with van der Waals surface area (Å²) in [7, 11) is 0. The number of hydrogen-bond donors (Lipinski definition) is 0. The van der Waals surface area contributed by atoms with Gasteiger partial charge in [0.25, 0.3) is 0 Å². The van der Waals surface area contributed by atoms with Gasteiger partial charge in [-0.2, -0.15) is 35.1 Å². The number of rotatable bonds is 4. The van der Waals surface area contributed by atoms with Gasteiger partial charge in [-0.1, -0.05) is 47.1 Å². The van der Waals surface area contributed by atoms with Gasteiger partial charge in [0.15, 0.2) is 0 Å². The van der Waals surface area contributed by atoms with Crippen LogP contribution in [-0.2, 0) is 12.1 Å². The van der Waals surface area contributed by atoms with Crippen LogP contribution in [0.1, 0.15) is 18.1 Å². The summed E-state index contributed by atoms with van der Waals surface area (Å²) in [6, 6.07) is 5.15. The zero-order chi connectivity index (χ0) is 22.4. The first-order valence-electron chi connectivity index (χ1n) is 7.87. The first-order valence-corrected chi connectivity index (χ1v) is 8.66. The fourth-order valence-electron chi connectivity index (χ4n) is 2.77. The van der Waals surface area contributed by atoms with Crippen molar-refractivity contribution >= 4 is 15.9 Å². The van der Waals surface area contributed by atoms with Gasteiger partial charge < -0.3 is 0 Å². The third-order valence-corrected chi connectivity index (χ3v) is 4.88. The van der Waals surface area contributed by atoms with E-state index in [0.29, 0.717) is 0 Å². The lowest BCUT2D eigenvalue weighted by Crippen LogP contribution is -2.60. The van der Waals surface area contributed by atoms with Crippen molar-refractivity contribution < 1.29 is 43.9 Å². The second-order valence-corrected chi connectivity index (χ2v) is 6.92. The van der Waals surface area contributed by atoms with Gasteiger partial charge in [0, 0.05) is 21.2 Å². The van der Waals surface area contributed by atoms with Crippen LogP contribution >= 0.6 is 15.9 Å². The Labute approximate surface area is 166 Å². The molecule has 0 aliphatic carbocycles. The van der Waals surface area contributed by atoms with Gasteiger partial charge in [-0.25, -0.2) is 8.78 Å². The third-order valence-electron chi connectivity index (χ3n) is 4.25. The summed E-state index contributed by atoms with van der Waals surface area (Å²) in [5.74, 6) is -8.09. The van der Waals surface area contributed by atoms with Gasteiger partial charge in [-0.05, 0) is 24.1 Å². The molecule has 0 fully saturated rings. The molecule has 0 amide bonds. The van der Waals surface area contributed by atoms with Crippen LogP contribution in [0.3, 0.4) is 0 Å². The van der Waals surface area contributed by atoms with E-state index < -0.39 is 50.9 Å².